The van der Waals surface area contributed by atoms with Crippen LogP contribution in [0.3, 0.4) is 0 Å². The van der Waals surface area contributed by atoms with Gasteiger partial charge in [-0.1, -0.05) is 18.6 Å². The fourth-order valence-corrected chi connectivity index (χ4v) is 8.71. The Balaban J connectivity index is 1.34. The number of hydrogen-bond donors (Lipinski definition) is 1. The highest BCUT2D eigenvalue weighted by atomic mass is 19.1. The molecule has 8 heteroatoms. The molecule has 234 valence electrons. The summed E-state index contributed by atoms with van der Waals surface area (Å²) in [7, 11) is 1.48. The van der Waals surface area contributed by atoms with Crippen LogP contribution in [-0.4, -0.2) is 79.4 Å². The molecule has 1 aromatic carbocycles. The first-order valence-electron chi connectivity index (χ1n) is 16.4. The lowest BCUT2D eigenvalue weighted by Crippen LogP contribution is -2.57. The molecule has 5 rings (SSSR count). The minimum absolute atomic E-state index is 0.130. The number of piperidine rings is 1. The predicted molar refractivity (Wildman–Crippen MR) is 162 cm³/mol. The van der Waals surface area contributed by atoms with Gasteiger partial charge in [0, 0.05) is 30.5 Å². The summed E-state index contributed by atoms with van der Waals surface area (Å²) in [6.45, 7) is 10.8. The van der Waals surface area contributed by atoms with E-state index in [1.807, 2.05) is 26.8 Å². The van der Waals surface area contributed by atoms with Crippen molar-refractivity contribution in [3.8, 4) is 0 Å². The Hall–Kier alpha value is -2.19. The molecule has 2 aliphatic carbocycles. The highest BCUT2D eigenvalue weighted by Gasteiger charge is 2.53. The average molecular weight is 586 g/mol. The van der Waals surface area contributed by atoms with Crippen LogP contribution in [0.1, 0.15) is 90.5 Å². The molecule has 4 aliphatic rings. The fourth-order valence-electron chi connectivity index (χ4n) is 8.71. The van der Waals surface area contributed by atoms with Crippen molar-refractivity contribution in [1.82, 2.24) is 15.1 Å². The third-order valence-electron chi connectivity index (χ3n) is 10.7. The molecule has 42 heavy (non-hydrogen) atoms. The monoisotopic (exact) mass is 585 g/mol. The standard InChI is InChI=1S/C34H52FN3O4/c1-33(2,3)42-32(40)36-28-12-13-29(22-28)38-18-14-25(15-19-38)34(23-37-16-7-17-37,26-9-6-10-27(35)21-26)30-11-5-8-24(30)20-31(39)41-4/h6,9-10,21,24-25,28-30H,5,7-8,11-20,22-23H2,1-4H3,(H,36,40)/t24-,28+,29?,30+,34+/m1/s1. The fraction of sp³-hybridized carbons (Fsp3) is 0.765. The molecule has 4 fully saturated rings. The maximum absolute atomic E-state index is 14.9. The number of carbonyl (C=O) groups is 2. The largest absolute Gasteiger partial charge is 0.469 e. The molecular weight excluding hydrogens is 533 g/mol. The van der Waals surface area contributed by atoms with Crippen molar-refractivity contribution in [3.05, 3.63) is 35.6 Å². The van der Waals surface area contributed by atoms with Crippen LogP contribution in [0.2, 0.25) is 0 Å². The van der Waals surface area contributed by atoms with Crippen molar-refractivity contribution in [2.45, 2.75) is 108 Å². The Bertz CT molecular complexity index is 1080. The molecule has 2 saturated carbocycles. The second kappa shape index (κ2) is 13.2. The van der Waals surface area contributed by atoms with Gasteiger partial charge in [0.25, 0.3) is 0 Å². The molecule has 2 saturated heterocycles. The van der Waals surface area contributed by atoms with Gasteiger partial charge in [0.2, 0.25) is 0 Å². The number of hydrogen-bond acceptors (Lipinski definition) is 6. The number of esters is 1. The zero-order chi connectivity index (χ0) is 29.9. The molecule has 0 bridgehead atoms. The van der Waals surface area contributed by atoms with Crippen molar-refractivity contribution < 1.29 is 23.5 Å². The van der Waals surface area contributed by atoms with Gasteiger partial charge in [-0.2, -0.15) is 0 Å². The van der Waals surface area contributed by atoms with Crippen LogP contribution >= 0.6 is 0 Å². The van der Waals surface area contributed by atoms with E-state index in [1.165, 1.54) is 13.5 Å². The molecule has 0 aromatic heterocycles. The number of amides is 1. The number of ether oxygens (including phenoxy) is 2. The van der Waals surface area contributed by atoms with Crippen molar-refractivity contribution in [2.75, 3.05) is 39.8 Å². The summed E-state index contributed by atoms with van der Waals surface area (Å²) in [4.78, 5) is 30.1. The van der Waals surface area contributed by atoms with Crippen molar-refractivity contribution in [3.63, 3.8) is 0 Å². The summed E-state index contributed by atoms with van der Waals surface area (Å²) >= 11 is 0. The summed E-state index contributed by atoms with van der Waals surface area (Å²) in [5.74, 6) is 0.694. The van der Waals surface area contributed by atoms with Gasteiger partial charge in [0.05, 0.1) is 7.11 Å². The summed E-state index contributed by atoms with van der Waals surface area (Å²) in [5, 5.41) is 3.09. The third kappa shape index (κ3) is 7.12. The Morgan fingerprint density at radius 2 is 1.76 bits per heavy atom. The summed E-state index contributed by atoms with van der Waals surface area (Å²) in [5.41, 5.74) is 0.431. The number of benzene rings is 1. The van der Waals surface area contributed by atoms with Gasteiger partial charge in [0.1, 0.15) is 11.4 Å². The van der Waals surface area contributed by atoms with Crippen LogP contribution in [0.15, 0.2) is 24.3 Å². The zero-order valence-electron chi connectivity index (χ0n) is 26.2. The molecule has 1 amide bonds. The number of rotatable bonds is 9. The predicted octanol–water partition coefficient (Wildman–Crippen LogP) is 5.91. The first-order valence-corrected chi connectivity index (χ1v) is 16.4. The van der Waals surface area contributed by atoms with Crippen LogP contribution in [0.5, 0.6) is 0 Å². The van der Waals surface area contributed by atoms with E-state index in [1.54, 1.807) is 12.1 Å². The van der Waals surface area contributed by atoms with Gasteiger partial charge < -0.3 is 24.6 Å². The van der Waals surface area contributed by atoms with Gasteiger partial charge in [-0.05, 0) is 134 Å². The molecule has 7 nitrogen and oxygen atoms in total. The molecule has 0 radical (unpaired) electrons. The molecular formula is C34H52FN3O4. The lowest BCUT2D eigenvalue weighted by Gasteiger charge is -2.54. The highest BCUT2D eigenvalue weighted by molar-refractivity contribution is 5.69. The molecule has 1 aromatic rings. The van der Waals surface area contributed by atoms with E-state index in [4.69, 9.17) is 9.47 Å². The van der Waals surface area contributed by atoms with Crippen molar-refractivity contribution in [1.29, 1.82) is 0 Å². The first-order chi connectivity index (χ1) is 20.1. The van der Waals surface area contributed by atoms with Crippen LogP contribution in [0, 0.1) is 23.6 Å². The van der Waals surface area contributed by atoms with Gasteiger partial charge in [-0.25, -0.2) is 9.18 Å². The van der Waals surface area contributed by atoms with Gasteiger partial charge in [-0.15, -0.1) is 0 Å². The Morgan fingerprint density at radius 3 is 2.40 bits per heavy atom. The summed E-state index contributed by atoms with van der Waals surface area (Å²) in [6.07, 6.45) is 9.69. The van der Waals surface area contributed by atoms with Crippen molar-refractivity contribution >= 4 is 12.1 Å². The van der Waals surface area contributed by atoms with E-state index in [9.17, 15) is 14.0 Å². The highest BCUT2D eigenvalue weighted by Crippen LogP contribution is 2.54. The summed E-state index contributed by atoms with van der Waals surface area (Å²) in [6, 6.07) is 8.01. The van der Waals surface area contributed by atoms with E-state index >= 15 is 0 Å². The zero-order valence-corrected chi connectivity index (χ0v) is 26.2. The molecule has 2 heterocycles. The second-order valence-electron chi connectivity index (χ2n) is 14.4. The number of alkyl carbamates (subject to hydrolysis) is 1. The minimum Gasteiger partial charge on any atom is -0.469 e. The smallest absolute Gasteiger partial charge is 0.407 e. The van der Waals surface area contributed by atoms with Gasteiger partial charge in [0.15, 0.2) is 0 Å². The lowest BCUT2D eigenvalue weighted by molar-refractivity contribution is -0.142. The summed E-state index contributed by atoms with van der Waals surface area (Å²) < 4.78 is 25.5. The number of nitrogens with one attached hydrogen (secondary N) is 1. The number of methoxy groups -OCH3 is 1. The lowest BCUT2D eigenvalue weighted by atomic mass is 9.56. The molecule has 0 spiro atoms. The maximum atomic E-state index is 14.9. The minimum atomic E-state index is -0.497. The molecule has 5 atom stereocenters. The van der Waals surface area contributed by atoms with Crippen LogP contribution in [-0.2, 0) is 19.7 Å². The second-order valence-corrected chi connectivity index (χ2v) is 14.4. The quantitative estimate of drug-likeness (QED) is 0.364. The van der Waals surface area contributed by atoms with Crippen LogP contribution in [0.25, 0.3) is 0 Å². The topological polar surface area (TPSA) is 71.1 Å². The van der Waals surface area contributed by atoms with E-state index < -0.39 is 5.60 Å². The Labute approximate surface area is 251 Å². The maximum Gasteiger partial charge on any atom is 0.407 e. The van der Waals surface area contributed by atoms with Gasteiger partial charge >= 0.3 is 12.1 Å². The molecule has 1 N–H and O–H groups in total. The Morgan fingerprint density at radius 1 is 1.00 bits per heavy atom. The number of likely N-dealkylation sites (tertiary alicyclic amines) is 2. The van der Waals surface area contributed by atoms with Gasteiger partial charge in [-0.3, -0.25) is 4.79 Å². The molecule has 2 aliphatic heterocycles. The number of carbonyl (C=O) groups excluding carboxylic acids is 2. The molecule has 1 unspecified atom stereocenters. The number of nitrogens with zero attached hydrogens (tertiary/aromatic N) is 2. The first kappa shape index (κ1) is 31.2. The van der Waals surface area contributed by atoms with E-state index in [0.29, 0.717) is 24.3 Å². The van der Waals surface area contributed by atoms with Crippen LogP contribution in [0.4, 0.5) is 9.18 Å². The number of halogens is 1. The third-order valence-corrected chi connectivity index (χ3v) is 10.7. The van der Waals surface area contributed by atoms with E-state index in [0.717, 1.165) is 89.7 Å². The normalized spacial score (nSPS) is 29.1. The SMILES string of the molecule is COC(=O)C[C@H]1CCC[C@@H]1[C@](CN1CCC1)(c1cccc(F)c1)C1CCN(C2CC[C@H](NC(=O)OC(C)(C)C)C2)CC1. The van der Waals surface area contributed by atoms with E-state index in [-0.39, 0.29) is 35.3 Å². The van der Waals surface area contributed by atoms with E-state index in [2.05, 4.69) is 21.2 Å². The Kier molecular flexibility index (Phi) is 9.83. The van der Waals surface area contributed by atoms with Crippen molar-refractivity contribution in [2.24, 2.45) is 17.8 Å². The average Bonchev–Trinajstić information content (AvgIpc) is 3.57. The van der Waals surface area contributed by atoms with Crippen LogP contribution < -0.4 is 5.32 Å².